The Bertz CT molecular complexity index is 540. The summed E-state index contributed by atoms with van der Waals surface area (Å²) < 4.78 is 1.80. The fourth-order valence-electron chi connectivity index (χ4n) is 2.84. The maximum Gasteiger partial charge on any atom is 0.306 e. The van der Waals surface area contributed by atoms with Gasteiger partial charge in [0.25, 0.3) is 5.91 Å². The Hall–Kier alpha value is -1.85. The second-order valence-corrected chi connectivity index (χ2v) is 5.76. The van der Waals surface area contributed by atoms with E-state index in [2.05, 4.69) is 5.10 Å². The second-order valence-electron chi connectivity index (χ2n) is 5.76. The maximum absolute atomic E-state index is 12.4. The molecule has 0 bridgehead atoms. The minimum absolute atomic E-state index is 0.0728. The molecule has 0 atom stereocenters. The minimum atomic E-state index is -0.758. The normalized spacial score (nSPS) is 20.1. The summed E-state index contributed by atoms with van der Waals surface area (Å²) in [6.07, 6.45) is 3.42. The molecule has 2 fully saturated rings. The number of hydrogen-bond acceptors (Lipinski definition) is 3. The molecule has 2 heterocycles. The van der Waals surface area contributed by atoms with Gasteiger partial charge in [-0.15, -0.1) is 0 Å². The monoisotopic (exact) mass is 277 g/mol. The first-order chi connectivity index (χ1) is 9.56. The molecule has 20 heavy (non-hydrogen) atoms. The van der Waals surface area contributed by atoms with Crippen molar-refractivity contribution in [1.82, 2.24) is 14.7 Å². The first-order valence-electron chi connectivity index (χ1n) is 7.12. The van der Waals surface area contributed by atoms with Crippen molar-refractivity contribution in [2.24, 2.45) is 13.0 Å². The van der Waals surface area contributed by atoms with Gasteiger partial charge >= 0.3 is 5.97 Å². The van der Waals surface area contributed by atoms with E-state index in [1.807, 2.05) is 13.1 Å². The number of carboxylic acid groups (broad SMARTS) is 1. The number of carboxylic acids is 1. The molecule has 1 aliphatic heterocycles. The summed E-state index contributed by atoms with van der Waals surface area (Å²) in [5.41, 5.74) is 1.62. The topological polar surface area (TPSA) is 75.4 Å². The number of carbonyl (C=O) groups is 2. The molecule has 108 valence electrons. The first-order valence-corrected chi connectivity index (χ1v) is 7.12. The lowest BCUT2D eigenvalue weighted by Gasteiger charge is -2.29. The Morgan fingerprint density at radius 2 is 1.90 bits per heavy atom. The number of piperidine rings is 1. The molecule has 3 rings (SSSR count). The number of nitrogens with zero attached hydrogens (tertiary/aromatic N) is 3. The van der Waals surface area contributed by atoms with Crippen molar-refractivity contribution in [2.75, 3.05) is 13.1 Å². The number of rotatable bonds is 3. The summed E-state index contributed by atoms with van der Waals surface area (Å²) >= 11 is 0. The zero-order chi connectivity index (χ0) is 14.3. The van der Waals surface area contributed by atoms with Crippen LogP contribution in [-0.2, 0) is 11.8 Å². The minimum Gasteiger partial charge on any atom is -0.481 e. The number of aromatic nitrogens is 2. The van der Waals surface area contributed by atoms with Crippen LogP contribution in [-0.4, -0.2) is 44.8 Å². The molecular weight excluding hydrogens is 258 g/mol. The van der Waals surface area contributed by atoms with Crippen LogP contribution >= 0.6 is 0 Å². The van der Waals surface area contributed by atoms with Gasteiger partial charge in [0.05, 0.1) is 5.92 Å². The summed E-state index contributed by atoms with van der Waals surface area (Å²) in [5.74, 6) is -0.584. The van der Waals surface area contributed by atoms with Crippen molar-refractivity contribution in [3.8, 4) is 0 Å². The highest BCUT2D eigenvalue weighted by Gasteiger charge is 2.31. The number of likely N-dealkylation sites (tertiary alicyclic amines) is 1. The largest absolute Gasteiger partial charge is 0.481 e. The number of carbonyl (C=O) groups excluding carboxylic acids is 1. The van der Waals surface area contributed by atoms with Gasteiger partial charge in [0.15, 0.2) is 5.69 Å². The third-order valence-corrected chi connectivity index (χ3v) is 4.26. The maximum atomic E-state index is 12.4. The smallest absolute Gasteiger partial charge is 0.306 e. The SMILES string of the molecule is Cn1nc(C(=O)N2CCC(C(=O)O)CC2)cc1C1CC1. The van der Waals surface area contributed by atoms with Gasteiger partial charge < -0.3 is 10.0 Å². The summed E-state index contributed by atoms with van der Waals surface area (Å²) in [5, 5.41) is 13.3. The van der Waals surface area contributed by atoms with Crippen molar-refractivity contribution in [2.45, 2.75) is 31.6 Å². The first kappa shape index (κ1) is 13.1. The number of aryl methyl sites for hydroxylation is 1. The van der Waals surface area contributed by atoms with Gasteiger partial charge in [-0.1, -0.05) is 0 Å². The Morgan fingerprint density at radius 1 is 1.25 bits per heavy atom. The molecule has 0 unspecified atom stereocenters. The molecule has 1 saturated heterocycles. The summed E-state index contributed by atoms with van der Waals surface area (Å²) in [4.78, 5) is 25.0. The van der Waals surface area contributed by atoms with Gasteiger partial charge in [-0.2, -0.15) is 5.10 Å². The summed E-state index contributed by atoms with van der Waals surface area (Å²) in [6, 6.07) is 1.89. The quantitative estimate of drug-likeness (QED) is 0.901. The van der Waals surface area contributed by atoms with E-state index in [-0.39, 0.29) is 11.8 Å². The molecule has 1 aromatic heterocycles. The van der Waals surface area contributed by atoms with Crippen molar-refractivity contribution in [3.63, 3.8) is 0 Å². The molecule has 1 aliphatic carbocycles. The van der Waals surface area contributed by atoms with E-state index >= 15 is 0 Å². The number of aliphatic carboxylic acids is 1. The van der Waals surface area contributed by atoms with Gasteiger partial charge in [0.1, 0.15) is 0 Å². The van der Waals surface area contributed by atoms with Crippen LogP contribution in [0.15, 0.2) is 6.07 Å². The van der Waals surface area contributed by atoms with E-state index < -0.39 is 5.97 Å². The average molecular weight is 277 g/mol. The number of amides is 1. The Balaban J connectivity index is 1.67. The van der Waals surface area contributed by atoms with Crippen molar-refractivity contribution in [3.05, 3.63) is 17.5 Å². The molecule has 0 radical (unpaired) electrons. The van der Waals surface area contributed by atoms with Crippen LogP contribution in [0.3, 0.4) is 0 Å². The molecule has 1 aromatic rings. The van der Waals surface area contributed by atoms with Crippen LogP contribution in [0.1, 0.15) is 47.8 Å². The van der Waals surface area contributed by atoms with E-state index in [1.165, 1.54) is 12.8 Å². The van der Waals surface area contributed by atoms with Gasteiger partial charge in [0.2, 0.25) is 0 Å². The molecular formula is C14H19N3O3. The third kappa shape index (κ3) is 2.42. The van der Waals surface area contributed by atoms with Crippen LogP contribution in [0, 0.1) is 5.92 Å². The van der Waals surface area contributed by atoms with Gasteiger partial charge in [-0.05, 0) is 31.7 Å². The highest BCUT2D eigenvalue weighted by molar-refractivity contribution is 5.92. The molecule has 2 aliphatic rings. The standard InChI is InChI=1S/C14H19N3O3/c1-16-12(9-2-3-9)8-11(15-16)13(18)17-6-4-10(5-7-17)14(19)20/h8-10H,2-7H2,1H3,(H,19,20). The zero-order valence-corrected chi connectivity index (χ0v) is 11.6. The predicted octanol–water partition coefficient (Wildman–Crippen LogP) is 1.23. The zero-order valence-electron chi connectivity index (χ0n) is 11.6. The van der Waals surface area contributed by atoms with E-state index in [1.54, 1.807) is 9.58 Å². The Morgan fingerprint density at radius 3 is 2.45 bits per heavy atom. The fraction of sp³-hybridized carbons (Fsp3) is 0.643. The van der Waals surface area contributed by atoms with Gasteiger partial charge in [-0.3, -0.25) is 14.3 Å². The van der Waals surface area contributed by atoms with Crippen LogP contribution in [0.5, 0.6) is 0 Å². The van der Waals surface area contributed by atoms with Crippen molar-refractivity contribution in [1.29, 1.82) is 0 Å². The van der Waals surface area contributed by atoms with Gasteiger partial charge in [0, 0.05) is 31.7 Å². The van der Waals surface area contributed by atoms with Crippen LogP contribution in [0.4, 0.5) is 0 Å². The van der Waals surface area contributed by atoms with Crippen LogP contribution < -0.4 is 0 Å². The van der Waals surface area contributed by atoms with E-state index in [0.29, 0.717) is 37.5 Å². The number of hydrogen-bond donors (Lipinski definition) is 1. The highest BCUT2D eigenvalue weighted by atomic mass is 16.4. The lowest BCUT2D eigenvalue weighted by molar-refractivity contribution is -0.143. The van der Waals surface area contributed by atoms with Crippen LogP contribution in [0.25, 0.3) is 0 Å². The van der Waals surface area contributed by atoms with E-state index in [9.17, 15) is 9.59 Å². The molecule has 0 spiro atoms. The van der Waals surface area contributed by atoms with Crippen molar-refractivity contribution >= 4 is 11.9 Å². The Labute approximate surface area is 117 Å². The molecule has 1 amide bonds. The molecule has 6 heteroatoms. The lowest BCUT2D eigenvalue weighted by Crippen LogP contribution is -2.40. The molecule has 1 N–H and O–H groups in total. The predicted molar refractivity (Wildman–Crippen MR) is 71.4 cm³/mol. The van der Waals surface area contributed by atoms with Crippen molar-refractivity contribution < 1.29 is 14.7 Å². The summed E-state index contributed by atoms with van der Waals surface area (Å²) in [6.45, 7) is 1.01. The fourth-order valence-corrected chi connectivity index (χ4v) is 2.84. The van der Waals surface area contributed by atoms with E-state index in [0.717, 1.165) is 5.69 Å². The highest BCUT2D eigenvalue weighted by Crippen LogP contribution is 2.40. The van der Waals surface area contributed by atoms with E-state index in [4.69, 9.17) is 5.11 Å². The average Bonchev–Trinajstić information content (AvgIpc) is 3.21. The molecule has 6 nitrogen and oxygen atoms in total. The Kier molecular flexibility index (Phi) is 3.23. The molecule has 1 saturated carbocycles. The third-order valence-electron chi connectivity index (χ3n) is 4.26. The van der Waals surface area contributed by atoms with Gasteiger partial charge in [-0.25, -0.2) is 0 Å². The van der Waals surface area contributed by atoms with Crippen LogP contribution in [0.2, 0.25) is 0 Å². The lowest BCUT2D eigenvalue weighted by atomic mass is 9.97. The summed E-state index contributed by atoms with van der Waals surface area (Å²) in [7, 11) is 1.88. The second kappa shape index (κ2) is 4.92. The molecule has 0 aromatic carbocycles.